The van der Waals surface area contributed by atoms with Gasteiger partial charge in [-0.25, -0.2) is 4.79 Å². The molecule has 3 aliphatic rings. The van der Waals surface area contributed by atoms with E-state index in [1.54, 1.807) is 4.90 Å². The Balaban J connectivity index is 1.34. The highest BCUT2D eigenvalue weighted by molar-refractivity contribution is 5.79. The van der Waals surface area contributed by atoms with Gasteiger partial charge in [0.15, 0.2) is 0 Å². The number of esters is 1. The Hall–Kier alpha value is -2.82. The fourth-order valence-corrected chi connectivity index (χ4v) is 4.50. The van der Waals surface area contributed by atoms with Gasteiger partial charge in [0, 0.05) is 18.9 Å². The van der Waals surface area contributed by atoms with Crippen LogP contribution >= 0.6 is 0 Å². The van der Waals surface area contributed by atoms with Crippen LogP contribution in [0, 0.1) is 0 Å². The maximum atomic E-state index is 12.6. The molecule has 2 atom stereocenters. The number of hydrogen-bond acceptors (Lipinski definition) is 4. The maximum Gasteiger partial charge on any atom is 0.410 e. The lowest BCUT2D eigenvalue weighted by Crippen LogP contribution is -2.38. The zero-order valence-corrected chi connectivity index (χ0v) is 14.3. The van der Waals surface area contributed by atoms with Crippen LogP contribution in [0.1, 0.15) is 29.9 Å². The largest absolute Gasteiger partial charge is 0.460 e. The van der Waals surface area contributed by atoms with Gasteiger partial charge in [0.1, 0.15) is 12.7 Å². The number of ether oxygens (including phenoxy) is 2. The number of carbonyl (C=O) groups is 2. The average molecular weight is 349 g/mol. The Kier molecular flexibility index (Phi) is 3.48. The summed E-state index contributed by atoms with van der Waals surface area (Å²) in [5.74, 6) is -0.178. The zero-order chi connectivity index (χ0) is 17.7. The van der Waals surface area contributed by atoms with Gasteiger partial charge >= 0.3 is 12.1 Å². The number of fused-ring (bicyclic) bond motifs is 4. The van der Waals surface area contributed by atoms with E-state index >= 15 is 0 Å². The Morgan fingerprint density at radius 2 is 1.73 bits per heavy atom. The Bertz CT molecular complexity index is 848. The standard InChI is InChI=1S/C21H19NO4/c23-20-11-18-19(26-20)9-10-22(18)21(24)25-12-17-15-7-3-1-5-13(15)14-6-2-4-8-16(14)17/h1-8,17-19H,9-12H2/t18-,19+/m0/s1. The first-order chi connectivity index (χ1) is 12.7. The van der Waals surface area contributed by atoms with Crippen LogP contribution in [0.2, 0.25) is 0 Å². The molecule has 0 aromatic heterocycles. The minimum atomic E-state index is -0.349. The topological polar surface area (TPSA) is 55.8 Å². The summed E-state index contributed by atoms with van der Waals surface area (Å²) in [5, 5.41) is 0. The van der Waals surface area contributed by atoms with E-state index in [0.717, 1.165) is 0 Å². The second-order valence-electron chi connectivity index (χ2n) is 7.09. The minimum absolute atomic E-state index is 0.0474. The Morgan fingerprint density at radius 3 is 2.42 bits per heavy atom. The van der Waals surface area contributed by atoms with Crippen LogP contribution in [0.25, 0.3) is 11.1 Å². The summed E-state index contributed by atoms with van der Waals surface area (Å²) < 4.78 is 10.9. The summed E-state index contributed by atoms with van der Waals surface area (Å²) in [4.78, 5) is 25.7. The van der Waals surface area contributed by atoms with Gasteiger partial charge in [-0.05, 0) is 22.3 Å². The van der Waals surface area contributed by atoms with Crippen molar-refractivity contribution >= 4 is 12.1 Å². The van der Waals surface area contributed by atoms with E-state index in [0.29, 0.717) is 19.6 Å². The highest BCUT2D eigenvalue weighted by atomic mass is 16.6. The van der Waals surface area contributed by atoms with E-state index in [4.69, 9.17) is 9.47 Å². The Labute approximate surface area is 151 Å². The fourth-order valence-electron chi connectivity index (χ4n) is 4.50. The molecular weight excluding hydrogens is 330 g/mol. The summed E-state index contributed by atoms with van der Waals surface area (Å²) >= 11 is 0. The lowest BCUT2D eigenvalue weighted by atomic mass is 9.98. The van der Waals surface area contributed by atoms with Gasteiger partial charge in [-0.1, -0.05) is 48.5 Å². The molecule has 5 nitrogen and oxygen atoms in total. The van der Waals surface area contributed by atoms with Gasteiger partial charge in [-0.3, -0.25) is 4.79 Å². The third kappa shape index (κ3) is 2.30. The van der Waals surface area contributed by atoms with E-state index in [2.05, 4.69) is 24.3 Å². The summed E-state index contributed by atoms with van der Waals surface area (Å²) in [6.45, 7) is 0.884. The first-order valence-corrected chi connectivity index (χ1v) is 9.03. The van der Waals surface area contributed by atoms with Crippen LogP contribution in [0.3, 0.4) is 0 Å². The van der Waals surface area contributed by atoms with Crippen LogP contribution in [-0.4, -0.2) is 42.3 Å². The van der Waals surface area contributed by atoms with Crippen LogP contribution in [0.4, 0.5) is 4.79 Å². The van der Waals surface area contributed by atoms with Crippen molar-refractivity contribution in [3.05, 3.63) is 59.7 Å². The molecule has 2 aliphatic heterocycles. The number of likely N-dealkylation sites (tertiary alicyclic amines) is 1. The van der Waals surface area contributed by atoms with Gasteiger partial charge < -0.3 is 14.4 Å². The van der Waals surface area contributed by atoms with E-state index in [1.807, 2.05) is 24.3 Å². The molecule has 0 saturated carbocycles. The molecule has 5 rings (SSSR count). The molecular formula is C21H19NO4. The smallest absolute Gasteiger partial charge is 0.410 e. The molecule has 2 heterocycles. The van der Waals surface area contributed by atoms with E-state index < -0.39 is 0 Å². The highest BCUT2D eigenvalue weighted by Crippen LogP contribution is 2.44. The van der Waals surface area contributed by atoms with Crippen molar-refractivity contribution < 1.29 is 19.1 Å². The SMILES string of the molecule is O=C1C[C@H]2[C@@H](CCN2C(=O)OCC2c3ccccc3-c3ccccc32)O1. The molecule has 0 radical (unpaired) electrons. The van der Waals surface area contributed by atoms with Crippen molar-refractivity contribution in [1.82, 2.24) is 4.90 Å². The molecule has 132 valence electrons. The van der Waals surface area contributed by atoms with Gasteiger partial charge in [0.2, 0.25) is 0 Å². The lowest BCUT2D eigenvalue weighted by molar-refractivity contribution is -0.141. The molecule has 0 unspecified atom stereocenters. The molecule has 2 fully saturated rings. The molecule has 0 spiro atoms. The number of hydrogen-bond donors (Lipinski definition) is 0. The third-order valence-corrected chi connectivity index (χ3v) is 5.71. The number of rotatable bonds is 2. The summed E-state index contributed by atoms with van der Waals surface area (Å²) in [6.07, 6.45) is 0.454. The summed E-state index contributed by atoms with van der Waals surface area (Å²) in [6, 6.07) is 16.4. The van der Waals surface area contributed by atoms with Crippen molar-refractivity contribution in [2.24, 2.45) is 0 Å². The van der Waals surface area contributed by atoms with Crippen molar-refractivity contribution in [3.8, 4) is 11.1 Å². The normalized spacial score (nSPS) is 23.4. The zero-order valence-electron chi connectivity index (χ0n) is 14.3. The van der Waals surface area contributed by atoms with Crippen molar-refractivity contribution in [3.63, 3.8) is 0 Å². The number of benzene rings is 2. The molecule has 0 bridgehead atoms. The van der Waals surface area contributed by atoms with Gasteiger partial charge in [-0.2, -0.15) is 0 Å². The molecule has 2 aromatic carbocycles. The molecule has 1 amide bonds. The summed E-state index contributed by atoms with van der Waals surface area (Å²) in [5.41, 5.74) is 4.81. The summed E-state index contributed by atoms with van der Waals surface area (Å²) in [7, 11) is 0. The molecule has 2 aromatic rings. The maximum absolute atomic E-state index is 12.6. The van der Waals surface area contributed by atoms with E-state index in [1.165, 1.54) is 22.3 Å². The van der Waals surface area contributed by atoms with Crippen LogP contribution in [0.5, 0.6) is 0 Å². The second kappa shape index (κ2) is 5.87. The minimum Gasteiger partial charge on any atom is -0.460 e. The second-order valence-corrected chi connectivity index (χ2v) is 7.09. The van der Waals surface area contributed by atoms with Gasteiger partial charge in [0.05, 0.1) is 12.5 Å². The van der Waals surface area contributed by atoms with Crippen LogP contribution in [0.15, 0.2) is 48.5 Å². The van der Waals surface area contributed by atoms with Crippen LogP contribution < -0.4 is 0 Å². The van der Waals surface area contributed by atoms with Crippen molar-refractivity contribution in [1.29, 1.82) is 0 Å². The predicted molar refractivity (Wildman–Crippen MR) is 94.7 cm³/mol. The fraction of sp³-hybridized carbons (Fsp3) is 0.333. The van der Waals surface area contributed by atoms with E-state index in [-0.39, 0.29) is 36.5 Å². The molecule has 0 N–H and O–H groups in total. The van der Waals surface area contributed by atoms with Gasteiger partial charge in [0.25, 0.3) is 0 Å². The molecule has 26 heavy (non-hydrogen) atoms. The predicted octanol–water partition coefficient (Wildman–Crippen LogP) is 3.33. The van der Waals surface area contributed by atoms with E-state index in [9.17, 15) is 9.59 Å². The molecule has 1 aliphatic carbocycles. The average Bonchev–Trinajstić information content (AvgIpc) is 3.30. The quantitative estimate of drug-likeness (QED) is 0.781. The highest BCUT2D eigenvalue weighted by Gasteiger charge is 2.46. The molecule has 2 saturated heterocycles. The van der Waals surface area contributed by atoms with Crippen molar-refractivity contribution in [2.45, 2.75) is 30.9 Å². The number of amides is 1. The van der Waals surface area contributed by atoms with Crippen LogP contribution in [-0.2, 0) is 14.3 Å². The lowest BCUT2D eigenvalue weighted by Gasteiger charge is -2.22. The first-order valence-electron chi connectivity index (χ1n) is 9.03. The van der Waals surface area contributed by atoms with Crippen molar-refractivity contribution in [2.75, 3.05) is 13.2 Å². The monoisotopic (exact) mass is 349 g/mol. The third-order valence-electron chi connectivity index (χ3n) is 5.71. The Morgan fingerprint density at radius 1 is 1.08 bits per heavy atom. The molecule has 5 heteroatoms. The number of nitrogens with zero attached hydrogens (tertiary/aromatic N) is 1. The first kappa shape index (κ1) is 15.4. The number of carbonyl (C=O) groups excluding carboxylic acids is 2. The van der Waals surface area contributed by atoms with Gasteiger partial charge in [-0.15, -0.1) is 0 Å².